The van der Waals surface area contributed by atoms with E-state index in [0.717, 1.165) is 6.07 Å². The number of thiazole rings is 1. The van der Waals surface area contributed by atoms with E-state index < -0.39 is 23.7 Å². The molecule has 3 N–H and O–H groups in total. The number of nitrogens with zero attached hydrogens (tertiary/aromatic N) is 5. The van der Waals surface area contributed by atoms with Gasteiger partial charge in [0.15, 0.2) is 4.96 Å². The van der Waals surface area contributed by atoms with Gasteiger partial charge in [-0.15, -0.1) is 11.3 Å². The summed E-state index contributed by atoms with van der Waals surface area (Å²) in [5, 5.41) is 7.59. The van der Waals surface area contributed by atoms with E-state index in [2.05, 4.69) is 30.6 Å². The molecule has 7 aromatic rings. The Kier molecular flexibility index (Phi) is 6.94. The number of aromatic amines is 1. The van der Waals surface area contributed by atoms with E-state index in [1.165, 1.54) is 35.6 Å². The number of hydrogen-bond acceptors (Lipinski definition) is 7. The second-order valence-corrected chi connectivity index (χ2v) is 11.0. The number of alkyl halides is 3. The largest absolute Gasteiger partial charge is 0.449 e. The van der Waals surface area contributed by atoms with Gasteiger partial charge in [0.25, 0.3) is 5.91 Å². The first-order valence-electron chi connectivity index (χ1n) is 13.1. The molecule has 0 bridgehead atoms. The number of nitrogens with one attached hydrogen (secondary N) is 3. The van der Waals surface area contributed by atoms with E-state index in [0.29, 0.717) is 39.0 Å². The number of anilines is 3. The summed E-state index contributed by atoms with van der Waals surface area (Å²) in [6.07, 6.45) is -1.21. The van der Waals surface area contributed by atoms with Crippen LogP contribution in [0.4, 0.5) is 34.9 Å². The number of hydrogen-bond donors (Lipinski definition) is 3. The minimum Gasteiger partial charge on any atom is -0.334 e. The summed E-state index contributed by atoms with van der Waals surface area (Å²) in [6, 6.07) is 17.2. The third kappa shape index (κ3) is 5.45. The maximum Gasteiger partial charge on any atom is 0.449 e. The molecule has 9 nitrogen and oxygen atoms in total. The Bertz CT molecular complexity index is 2220. The fourth-order valence-electron chi connectivity index (χ4n) is 4.78. The van der Waals surface area contributed by atoms with Gasteiger partial charge in [-0.25, -0.2) is 24.3 Å². The van der Waals surface area contributed by atoms with Crippen molar-refractivity contribution in [3.63, 3.8) is 0 Å². The van der Waals surface area contributed by atoms with Crippen molar-refractivity contribution in [1.29, 1.82) is 0 Å². The molecule has 7 rings (SSSR count). The number of rotatable bonds is 6. The van der Waals surface area contributed by atoms with E-state index in [1.807, 2.05) is 22.0 Å². The lowest BCUT2D eigenvalue weighted by molar-refractivity contribution is -0.144. The maximum atomic E-state index is 14.3. The van der Waals surface area contributed by atoms with Crippen LogP contribution in [0.2, 0.25) is 5.02 Å². The van der Waals surface area contributed by atoms with E-state index in [4.69, 9.17) is 16.6 Å². The molecule has 0 atom stereocenters. The molecule has 0 aliphatic heterocycles. The van der Waals surface area contributed by atoms with Crippen molar-refractivity contribution in [3.8, 4) is 22.6 Å². The highest BCUT2D eigenvalue weighted by atomic mass is 35.5. The first-order chi connectivity index (χ1) is 21.6. The number of aromatic nitrogens is 6. The van der Waals surface area contributed by atoms with Crippen LogP contribution in [0.1, 0.15) is 16.2 Å². The first-order valence-corrected chi connectivity index (χ1v) is 14.4. The molecule has 0 unspecified atom stereocenters. The Hall–Kier alpha value is -5.34. The Balaban J connectivity index is 1.22. The molecular formula is C30H17ClF4N8OS. The van der Waals surface area contributed by atoms with Gasteiger partial charge >= 0.3 is 6.18 Å². The smallest absolute Gasteiger partial charge is 0.334 e. The molecule has 0 saturated carbocycles. The van der Waals surface area contributed by atoms with Gasteiger partial charge in [0.1, 0.15) is 11.5 Å². The molecule has 0 aliphatic rings. The van der Waals surface area contributed by atoms with Crippen LogP contribution in [-0.2, 0) is 6.18 Å². The second-order valence-electron chi connectivity index (χ2n) is 9.70. The van der Waals surface area contributed by atoms with Gasteiger partial charge in [-0.2, -0.15) is 13.2 Å². The average Bonchev–Trinajstić information content (AvgIpc) is 3.72. The summed E-state index contributed by atoms with van der Waals surface area (Å²) >= 11 is 7.49. The zero-order chi connectivity index (χ0) is 31.3. The van der Waals surface area contributed by atoms with Crippen LogP contribution in [0.25, 0.3) is 38.6 Å². The summed E-state index contributed by atoms with van der Waals surface area (Å²) in [5.74, 6) is -2.33. The molecule has 1 amide bonds. The Morgan fingerprint density at radius 2 is 1.82 bits per heavy atom. The molecule has 0 fully saturated rings. The number of amides is 1. The van der Waals surface area contributed by atoms with Gasteiger partial charge in [0.05, 0.1) is 33.0 Å². The topological polar surface area (TPSA) is 113 Å². The van der Waals surface area contributed by atoms with Crippen molar-refractivity contribution < 1.29 is 22.4 Å². The minimum atomic E-state index is -4.60. The highest BCUT2D eigenvalue weighted by molar-refractivity contribution is 7.15. The third-order valence-corrected chi connectivity index (χ3v) is 7.82. The first kappa shape index (κ1) is 28.4. The van der Waals surface area contributed by atoms with Crippen molar-refractivity contribution >= 4 is 62.2 Å². The number of H-pyrrole nitrogens is 1. The lowest BCUT2D eigenvalue weighted by Gasteiger charge is -2.10. The summed E-state index contributed by atoms with van der Waals surface area (Å²) in [4.78, 5) is 33.2. The third-order valence-electron chi connectivity index (χ3n) is 6.75. The van der Waals surface area contributed by atoms with E-state index in [9.17, 15) is 22.4 Å². The van der Waals surface area contributed by atoms with Crippen LogP contribution in [0.15, 0.2) is 84.5 Å². The normalized spacial score (nSPS) is 11.8. The van der Waals surface area contributed by atoms with Gasteiger partial charge in [0.2, 0.25) is 11.8 Å². The fraction of sp³-hybridized carbons (Fsp3) is 0.0333. The Morgan fingerprint density at radius 1 is 0.978 bits per heavy atom. The van der Waals surface area contributed by atoms with Gasteiger partial charge in [0, 0.05) is 34.7 Å². The van der Waals surface area contributed by atoms with Crippen LogP contribution in [0, 0.1) is 5.82 Å². The van der Waals surface area contributed by atoms with Gasteiger partial charge < -0.3 is 15.6 Å². The quantitative estimate of drug-likeness (QED) is 0.157. The zero-order valence-electron chi connectivity index (χ0n) is 22.5. The fourth-order valence-corrected chi connectivity index (χ4v) is 5.74. The minimum absolute atomic E-state index is 0.0104. The number of halogens is 5. The SMILES string of the molecule is O=C(Nc1cccc(-c2nc3sccn3c2-c2ccnc(Nc3ccc4[nH]c(C(F)(F)F)nc4c3)n2)c1)c1c(F)cccc1Cl. The van der Waals surface area contributed by atoms with Crippen molar-refractivity contribution in [2.24, 2.45) is 0 Å². The van der Waals surface area contributed by atoms with Crippen molar-refractivity contribution in [2.75, 3.05) is 10.6 Å². The molecule has 0 radical (unpaired) electrons. The highest BCUT2D eigenvalue weighted by Crippen LogP contribution is 2.35. The predicted molar refractivity (Wildman–Crippen MR) is 163 cm³/mol. The summed E-state index contributed by atoms with van der Waals surface area (Å²) in [7, 11) is 0. The molecule has 4 aromatic heterocycles. The van der Waals surface area contributed by atoms with Gasteiger partial charge in [-0.1, -0.05) is 29.8 Å². The molecule has 45 heavy (non-hydrogen) atoms. The number of carbonyl (C=O) groups excluding carboxylic acids is 1. The molecule has 0 saturated heterocycles. The number of carbonyl (C=O) groups is 1. The number of benzene rings is 3. The number of fused-ring (bicyclic) bond motifs is 2. The molecule has 0 spiro atoms. The highest BCUT2D eigenvalue weighted by Gasteiger charge is 2.34. The van der Waals surface area contributed by atoms with E-state index in [1.54, 1.807) is 36.5 Å². The monoisotopic (exact) mass is 648 g/mol. The van der Waals surface area contributed by atoms with Gasteiger partial charge in [-0.3, -0.25) is 9.20 Å². The molecule has 3 aromatic carbocycles. The second kappa shape index (κ2) is 11.0. The van der Waals surface area contributed by atoms with Crippen LogP contribution in [0.3, 0.4) is 0 Å². The molecule has 4 heterocycles. The van der Waals surface area contributed by atoms with Crippen molar-refractivity contribution in [2.45, 2.75) is 6.18 Å². The van der Waals surface area contributed by atoms with Crippen LogP contribution in [0.5, 0.6) is 0 Å². The molecule has 15 heteroatoms. The van der Waals surface area contributed by atoms with Gasteiger partial charge in [-0.05, 0) is 48.5 Å². The lowest BCUT2D eigenvalue weighted by Crippen LogP contribution is -2.14. The molecule has 224 valence electrons. The van der Waals surface area contributed by atoms with Crippen LogP contribution >= 0.6 is 22.9 Å². The standard InChI is InChI=1S/C30H17ClF4N8OS/c31-18-5-2-6-19(32)23(18)26(44)37-16-4-1-3-15(13-16)24-25(43-11-12-45-29(43)42-24)21-9-10-36-28(41-21)38-17-7-8-20-22(14-17)40-27(39-20)30(33,34)35/h1-14H,(H,37,44)(H,39,40)(H,36,38,41). The van der Waals surface area contributed by atoms with Crippen molar-refractivity contribution in [3.05, 3.63) is 107 Å². The Morgan fingerprint density at radius 3 is 2.64 bits per heavy atom. The summed E-state index contributed by atoms with van der Waals surface area (Å²) < 4.78 is 55.5. The Labute approximate surface area is 259 Å². The average molecular weight is 649 g/mol. The summed E-state index contributed by atoms with van der Waals surface area (Å²) in [6.45, 7) is 0. The van der Waals surface area contributed by atoms with E-state index in [-0.39, 0.29) is 27.6 Å². The molecule has 0 aliphatic carbocycles. The van der Waals surface area contributed by atoms with Crippen LogP contribution in [-0.4, -0.2) is 35.2 Å². The molecular weight excluding hydrogens is 632 g/mol. The number of imidazole rings is 2. The van der Waals surface area contributed by atoms with Crippen LogP contribution < -0.4 is 10.6 Å². The summed E-state index contributed by atoms with van der Waals surface area (Å²) in [5.41, 5.74) is 3.28. The maximum absolute atomic E-state index is 14.3. The van der Waals surface area contributed by atoms with E-state index >= 15 is 0 Å². The van der Waals surface area contributed by atoms with Crippen molar-refractivity contribution in [1.82, 2.24) is 29.3 Å². The zero-order valence-corrected chi connectivity index (χ0v) is 24.1. The predicted octanol–water partition coefficient (Wildman–Crippen LogP) is 8.20. The lowest BCUT2D eigenvalue weighted by atomic mass is 10.1.